The molecule has 0 saturated carbocycles. The van der Waals surface area contributed by atoms with Gasteiger partial charge in [0.25, 0.3) is 5.56 Å². The second-order valence-electron chi connectivity index (χ2n) is 7.54. The largest absolute Gasteiger partial charge is 0.492 e. The molecule has 3 heterocycles. The number of hydrogen-bond acceptors (Lipinski definition) is 8. The average molecular weight is 502 g/mol. The van der Waals surface area contributed by atoms with Crippen LogP contribution in [0.15, 0.2) is 53.6 Å². The lowest BCUT2D eigenvalue weighted by atomic mass is 10.1. The van der Waals surface area contributed by atoms with Crippen molar-refractivity contribution in [2.45, 2.75) is 0 Å². The van der Waals surface area contributed by atoms with Gasteiger partial charge in [-0.2, -0.15) is 4.98 Å². The van der Waals surface area contributed by atoms with Crippen molar-refractivity contribution in [3.8, 4) is 16.9 Å². The molecule has 11 heteroatoms. The SMILES string of the molecule is Cn1c(=O)c(-c2c(Cl)cccc2Cl)cc2cnc(Nc3ccc(OCC(CO)CO)cn3)nc21. The third-order valence-electron chi connectivity index (χ3n) is 5.16. The summed E-state index contributed by atoms with van der Waals surface area (Å²) in [7, 11) is 1.62. The fourth-order valence-corrected chi connectivity index (χ4v) is 3.87. The molecular formula is C23H21Cl2N5O4. The number of nitrogens with zero attached hydrogens (tertiary/aromatic N) is 4. The molecule has 4 aromatic rings. The van der Waals surface area contributed by atoms with E-state index in [-0.39, 0.29) is 37.2 Å². The highest BCUT2D eigenvalue weighted by Gasteiger charge is 2.16. The van der Waals surface area contributed by atoms with Gasteiger partial charge in [0.15, 0.2) is 0 Å². The number of ether oxygens (including phenoxy) is 1. The van der Waals surface area contributed by atoms with E-state index < -0.39 is 0 Å². The van der Waals surface area contributed by atoms with Crippen LogP contribution < -0.4 is 15.6 Å². The summed E-state index contributed by atoms with van der Waals surface area (Å²) in [6.07, 6.45) is 3.10. The van der Waals surface area contributed by atoms with Crippen molar-refractivity contribution in [2.24, 2.45) is 13.0 Å². The Morgan fingerprint density at radius 3 is 2.47 bits per heavy atom. The third-order valence-corrected chi connectivity index (χ3v) is 5.79. The highest BCUT2D eigenvalue weighted by atomic mass is 35.5. The first-order valence-electron chi connectivity index (χ1n) is 10.3. The summed E-state index contributed by atoms with van der Waals surface area (Å²) in [6, 6.07) is 10.1. The molecule has 1 aromatic carbocycles. The Morgan fingerprint density at radius 2 is 1.82 bits per heavy atom. The van der Waals surface area contributed by atoms with Gasteiger partial charge in [-0.3, -0.25) is 9.36 Å². The maximum atomic E-state index is 13.1. The summed E-state index contributed by atoms with van der Waals surface area (Å²) >= 11 is 12.6. The van der Waals surface area contributed by atoms with E-state index in [1.165, 1.54) is 10.8 Å². The van der Waals surface area contributed by atoms with Crippen LogP contribution in [-0.4, -0.2) is 49.6 Å². The van der Waals surface area contributed by atoms with Gasteiger partial charge >= 0.3 is 0 Å². The zero-order chi connectivity index (χ0) is 24.2. The number of nitrogens with one attached hydrogen (secondary N) is 1. The number of aliphatic hydroxyl groups excluding tert-OH is 2. The second-order valence-corrected chi connectivity index (χ2v) is 8.35. The number of benzene rings is 1. The van der Waals surface area contributed by atoms with Crippen LogP contribution in [0.4, 0.5) is 11.8 Å². The Hall–Kier alpha value is -3.24. The first-order chi connectivity index (χ1) is 16.4. The number of pyridine rings is 2. The Labute approximate surface area is 204 Å². The van der Waals surface area contributed by atoms with Crippen LogP contribution in [0.25, 0.3) is 22.2 Å². The highest BCUT2D eigenvalue weighted by Crippen LogP contribution is 2.33. The van der Waals surface area contributed by atoms with E-state index in [0.29, 0.717) is 43.8 Å². The van der Waals surface area contributed by atoms with Gasteiger partial charge in [-0.1, -0.05) is 29.3 Å². The number of anilines is 2. The first kappa shape index (κ1) is 23.9. The molecule has 176 valence electrons. The molecule has 9 nitrogen and oxygen atoms in total. The van der Waals surface area contributed by atoms with Crippen LogP contribution >= 0.6 is 23.2 Å². The topological polar surface area (TPSA) is 122 Å². The normalized spacial score (nSPS) is 11.2. The molecule has 0 unspecified atom stereocenters. The van der Waals surface area contributed by atoms with E-state index in [1.807, 2.05) is 0 Å². The van der Waals surface area contributed by atoms with Crippen molar-refractivity contribution in [1.29, 1.82) is 0 Å². The van der Waals surface area contributed by atoms with E-state index in [4.69, 9.17) is 38.2 Å². The van der Waals surface area contributed by atoms with Crippen molar-refractivity contribution in [3.05, 3.63) is 69.2 Å². The van der Waals surface area contributed by atoms with Gasteiger partial charge in [0.1, 0.15) is 17.2 Å². The molecule has 0 atom stereocenters. The van der Waals surface area contributed by atoms with E-state index in [2.05, 4.69) is 20.3 Å². The summed E-state index contributed by atoms with van der Waals surface area (Å²) in [6.45, 7) is -0.165. The molecule has 0 saturated heterocycles. The zero-order valence-electron chi connectivity index (χ0n) is 18.1. The van der Waals surface area contributed by atoms with Crippen LogP contribution in [0.3, 0.4) is 0 Å². The van der Waals surface area contributed by atoms with Crippen LogP contribution in [0.1, 0.15) is 0 Å². The van der Waals surface area contributed by atoms with Crippen LogP contribution in [-0.2, 0) is 7.05 Å². The van der Waals surface area contributed by atoms with Crippen LogP contribution in [0.2, 0.25) is 10.0 Å². The van der Waals surface area contributed by atoms with E-state index in [1.54, 1.807) is 49.6 Å². The fourth-order valence-electron chi connectivity index (χ4n) is 3.27. The van der Waals surface area contributed by atoms with Crippen LogP contribution in [0, 0.1) is 5.92 Å². The molecule has 3 N–H and O–H groups in total. The third kappa shape index (κ3) is 4.97. The molecule has 0 aliphatic rings. The number of aromatic nitrogens is 4. The number of fused-ring (bicyclic) bond motifs is 1. The zero-order valence-corrected chi connectivity index (χ0v) is 19.6. The minimum absolute atomic E-state index is 0.168. The predicted molar refractivity (Wildman–Crippen MR) is 131 cm³/mol. The summed E-state index contributed by atoms with van der Waals surface area (Å²) in [4.78, 5) is 26.1. The predicted octanol–water partition coefficient (Wildman–Crippen LogP) is 3.42. The van der Waals surface area contributed by atoms with Gasteiger partial charge < -0.3 is 20.3 Å². The maximum Gasteiger partial charge on any atom is 0.259 e. The van der Waals surface area contributed by atoms with Crippen molar-refractivity contribution in [3.63, 3.8) is 0 Å². The summed E-state index contributed by atoms with van der Waals surface area (Å²) < 4.78 is 6.92. The molecule has 0 bridgehead atoms. The Kier molecular flexibility index (Phi) is 7.28. The number of hydrogen-bond donors (Lipinski definition) is 3. The average Bonchev–Trinajstić information content (AvgIpc) is 2.84. The maximum absolute atomic E-state index is 13.1. The number of aliphatic hydroxyl groups is 2. The molecule has 0 amide bonds. The van der Waals surface area contributed by atoms with E-state index >= 15 is 0 Å². The number of halogens is 2. The summed E-state index contributed by atoms with van der Waals surface area (Å²) in [5, 5.41) is 22.6. The van der Waals surface area contributed by atoms with Gasteiger partial charge in [0, 0.05) is 30.1 Å². The summed E-state index contributed by atoms with van der Waals surface area (Å²) in [5.74, 6) is 0.861. The molecular weight excluding hydrogens is 481 g/mol. The van der Waals surface area contributed by atoms with Crippen molar-refractivity contribution >= 4 is 46.0 Å². The molecule has 3 aromatic heterocycles. The van der Waals surface area contributed by atoms with Crippen molar-refractivity contribution in [2.75, 3.05) is 25.1 Å². The minimum Gasteiger partial charge on any atom is -0.492 e. The molecule has 0 spiro atoms. The van der Waals surface area contributed by atoms with Gasteiger partial charge in [0.05, 0.1) is 41.6 Å². The number of aryl methyl sites for hydroxylation is 1. The van der Waals surface area contributed by atoms with Crippen LogP contribution in [0.5, 0.6) is 5.75 Å². The molecule has 34 heavy (non-hydrogen) atoms. The van der Waals surface area contributed by atoms with Gasteiger partial charge in [-0.05, 0) is 30.3 Å². The molecule has 0 radical (unpaired) electrons. The summed E-state index contributed by atoms with van der Waals surface area (Å²) in [5.41, 5.74) is 0.951. The molecule has 0 aliphatic carbocycles. The van der Waals surface area contributed by atoms with Crippen molar-refractivity contribution in [1.82, 2.24) is 19.5 Å². The first-order valence-corrected chi connectivity index (χ1v) is 11.1. The monoisotopic (exact) mass is 501 g/mol. The lowest BCUT2D eigenvalue weighted by Crippen LogP contribution is -2.20. The standard InChI is InChI=1S/C23H21Cl2N5O4/c1-30-21-14(7-16(22(30)33)20-17(24)3-2-4-18(20)25)8-27-23(29-21)28-19-6-5-15(9-26-19)34-12-13(10-31)11-32/h2-9,13,31-32H,10-12H2,1H3,(H,26,27,28,29). The number of rotatable bonds is 8. The van der Waals surface area contributed by atoms with Gasteiger partial charge in [-0.25, -0.2) is 9.97 Å². The fraction of sp³-hybridized carbons (Fsp3) is 0.217. The Balaban J connectivity index is 1.59. The minimum atomic E-state index is -0.357. The Bertz CT molecular complexity index is 1350. The van der Waals surface area contributed by atoms with Crippen molar-refractivity contribution < 1.29 is 14.9 Å². The van der Waals surface area contributed by atoms with E-state index in [0.717, 1.165) is 0 Å². The quantitative estimate of drug-likeness (QED) is 0.335. The molecule has 0 aliphatic heterocycles. The lowest BCUT2D eigenvalue weighted by molar-refractivity contribution is 0.106. The van der Waals surface area contributed by atoms with Gasteiger partial charge in [-0.15, -0.1) is 0 Å². The molecule has 0 fully saturated rings. The lowest BCUT2D eigenvalue weighted by Gasteiger charge is -2.13. The van der Waals surface area contributed by atoms with E-state index in [9.17, 15) is 4.79 Å². The second kappa shape index (κ2) is 10.4. The highest BCUT2D eigenvalue weighted by molar-refractivity contribution is 6.39. The Morgan fingerprint density at radius 1 is 1.09 bits per heavy atom. The smallest absolute Gasteiger partial charge is 0.259 e. The van der Waals surface area contributed by atoms with Gasteiger partial charge in [0.2, 0.25) is 5.95 Å². The molecule has 4 rings (SSSR count).